The van der Waals surface area contributed by atoms with Crippen molar-refractivity contribution < 1.29 is 0 Å². The molecule has 1 atom stereocenters. The van der Waals surface area contributed by atoms with Gasteiger partial charge in [-0.05, 0) is 24.9 Å². The van der Waals surface area contributed by atoms with Gasteiger partial charge < -0.3 is 5.32 Å². The summed E-state index contributed by atoms with van der Waals surface area (Å²) in [6, 6.07) is 0.197. The fourth-order valence-corrected chi connectivity index (χ4v) is 1.93. The zero-order valence-corrected chi connectivity index (χ0v) is 11.2. The van der Waals surface area contributed by atoms with Crippen LogP contribution in [-0.2, 0) is 20.5 Å². The molecule has 2 rings (SSSR count). The van der Waals surface area contributed by atoms with Crippen LogP contribution in [0.3, 0.4) is 0 Å². The third-order valence-electron chi connectivity index (χ3n) is 2.81. The largest absolute Gasteiger partial charge is 0.308 e. The van der Waals surface area contributed by atoms with Gasteiger partial charge in [0.15, 0.2) is 0 Å². The first-order valence-electron chi connectivity index (χ1n) is 6.26. The Morgan fingerprint density at radius 3 is 2.67 bits per heavy atom. The van der Waals surface area contributed by atoms with Gasteiger partial charge in [-0.1, -0.05) is 6.92 Å². The lowest BCUT2D eigenvalue weighted by Gasteiger charge is -2.14. The van der Waals surface area contributed by atoms with Crippen LogP contribution in [0, 0.1) is 0 Å². The van der Waals surface area contributed by atoms with Crippen LogP contribution in [0.25, 0.3) is 0 Å². The molecule has 0 saturated carbocycles. The normalized spacial score (nSPS) is 12.8. The molecule has 0 spiro atoms. The first-order valence-corrected chi connectivity index (χ1v) is 6.26. The maximum absolute atomic E-state index is 4.38. The Hall–Kier alpha value is -1.69. The van der Waals surface area contributed by atoms with Gasteiger partial charge in [-0.3, -0.25) is 4.68 Å². The molecule has 6 nitrogen and oxygen atoms in total. The maximum atomic E-state index is 4.38. The fraction of sp³-hybridized carbons (Fsp3) is 0.583. The van der Waals surface area contributed by atoms with Crippen molar-refractivity contribution in [2.24, 2.45) is 14.1 Å². The SMILES string of the molecule is CCCNC(Cc1cnn(C)c1)c1cnn(C)n1. The Morgan fingerprint density at radius 2 is 2.11 bits per heavy atom. The average Bonchev–Trinajstić information content (AvgIpc) is 2.93. The highest BCUT2D eigenvalue weighted by Crippen LogP contribution is 2.15. The third-order valence-corrected chi connectivity index (χ3v) is 2.81. The Kier molecular flexibility index (Phi) is 4.09. The van der Waals surface area contributed by atoms with Gasteiger partial charge in [0.05, 0.1) is 24.1 Å². The van der Waals surface area contributed by atoms with Crippen LogP contribution >= 0.6 is 0 Å². The van der Waals surface area contributed by atoms with Crippen LogP contribution < -0.4 is 5.32 Å². The van der Waals surface area contributed by atoms with Gasteiger partial charge in [0, 0.05) is 20.3 Å². The minimum atomic E-state index is 0.197. The van der Waals surface area contributed by atoms with Gasteiger partial charge >= 0.3 is 0 Å². The summed E-state index contributed by atoms with van der Waals surface area (Å²) in [7, 11) is 3.77. The molecule has 0 aliphatic heterocycles. The molecular formula is C12H20N6. The van der Waals surface area contributed by atoms with Crippen LogP contribution in [0.15, 0.2) is 18.6 Å². The Bertz CT molecular complexity index is 486. The molecule has 0 bridgehead atoms. The lowest BCUT2D eigenvalue weighted by atomic mass is 10.1. The third kappa shape index (κ3) is 3.16. The summed E-state index contributed by atoms with van der Waals surface area (Å²) >= 11 is 0. The zero-order chi connectivity index (χ0) is 13.0. The second kappa shape index (κ2) is 5.77. The highest BCUT2D eigenvalue weighted by molar-refractivity contribution is 5.11. The quantitative estimate of drug-likeness (QED) is 0.822. The second-order valence-electron chi connectivity index (χ2n) is 4.49. The topological polar surface area (TPSA) is 60.6 Å². The molecule has 2 heterocycles. The van der Waals surface area contributed by atoms with E-state index in [0.717, 1.165) is 25.1 Å². The van der Waals surface area contributed by atoms with Gasteiger partial charge in [0.1, 0.15) is 0 Å². The molecule has 1 N–H and O–H groups in total. The molecule has 0 aliphatic rings. The van der Waals surface area contributed by atoms with Gasteiger partial charge in [0.25, 0.3) is 0 Å². The van der Waals surface area contributed by atoms with Crippen LogP contribution in [0.5, 0.6) is 0 Å². The van der Waals surface area contributed by atoms with E-state index in [0.29, 0.717) is 0 Å². The molecule has 98 valence electrons. The van der Waals surface area contributed by atoms with E-state index >= 15 is 0 Å². The van der Waals surface area contributed by atoms with E-state index in [9.17, 15) is 0 Å². The highest BCUT2D eigenvalue weighted by Gasteiger charge is 2.15. The van der Waals surface area contributed by atoms with Gasteiger partial charge in [-0.25, -0.2) is 0 Å². The highest BCUT2D eigenvalue weighted by atomic mass is 15.5. The first-order chi connectivity index (χ1) is 8.69. The predicted molar refractivity (Wildman–Crippen MR) is 68.9 cm³/mol. The van der Waals surface area contributed by atoms with Crippen molar-refractivity contribution in [1.82, 2.24) is 30.1 Å². The Labute approximate surface area is 107 Å². The lowest BCUT2D eigenvalue weighted by molar-refractivity contribution is 0.508. The smallest absolute Gasteiger partial charge is 0.0999 e. The van der Waals surface area contributed by atoms with E-state index in [2.05, 4.69) is 27.5 Å². The molecule has 0 aliphatic carbocycles. The lowest BCUT2D eigenvalue weighted by Crippen LogP contribution is -2.24. The zero-order valence-electron chi connectivity index (χ0n) is 11.2. The fourth-order valence-electron chi connectivity index (χ4n) is 1.93. The number of nitrogens with zero attached hydrogens (tertiary/aromatic N) is 5. The molecule has 1 unspecified atom stereocenters. The number of rotatable bonds is 6. The summed E-state index contributed by atoms with van der Waals surface area (Å²) < 4.78 is 1.82. The van der Waals surface area contributed by atoms with Gasteiger partial charge in [0.2, 0.25) is 0 Å². The predicted octanol–water partition coefficient (Wildman–Crippen LogP) is 0.832. The minimum Gasteiger partial charge on any atom is -0.308 e. The molecule has 0 fully saturated rings. The minimum absolute atomic E-state index is 0.197. The van der Waals surface area contributed by atoms with Crippen molar-refractivity contribution >= 4 is 0 Å². The number of hydrogen-bond acceptors (Lipinski definition) is 4. The Morgan fingerprint density at radius 1 is 1.28 bits per heavy atom. The monoisotopic (exact) mass is 248 g/mol. The average molecular weight is 248 g/mol. The van der Waals surface area contributed by atoms with Crippen molar-refractivity contribution in [2.45, 2.75) is 25.8 Å². The number of aryl methyl sites for hydroxylation is 2. The van der Waals surface area contributed by atoms with Crippen molar-refractivity contribution in [3.05, 3.63) is 29.8 Å². The first kappa shape index (κ1) is 12.8. The van der Waals surface area contributed by atoms with Gasteiger partial charge in [-0.2, -0.15) is 20.1 Å². The maximum Gasteiger partial charge on any atom is 0.0999 e. The summed E-state index contributed by atoms with van der Waals surface area (Å²) in [5, 5.41) is 16.2. The second-order valence-corrected chi connectivity index (χ2v) is 4.49. The molecule has 18 heavy (non-hydrogen) atoms. The van der Waals surface area contributed by atoms with Gasteiger partial charge in [-0.15, -0.1) is 0 Å². The van der Waals surface area contributed by atoms with E-state index in [1.807, 2.05) is 37.4 Å². The number of nitrogens with one attached hydrogen (secondary N) is 1. The van der Waals surface area contributed by atoms with Crippen LogP contribution in [0.1, 0.15) is 30.6 Å². The Balaban J connectivity index is 2.09. The van der Waals surface area contributed by atoms with Crippen molar-refractivity contribution in [2.75, 3.05) is 6.54 Å². The van der Waals surface area contributed by atoms with Crippen LogP contribution in [-0.4, -0.2) is 31.3 Å². The van der Waals surface area contributed by atoms with E-state index < -0.39 is 0 Å². The van der Waals surface area contributed by atoms with Crippen molar-refractivity contribution in [1.29, 1.82) is 0 Å². The molecule has 6 heteroatoms. The molecule has 0 aromatic carbocycles. The summed E-state index contributed by atoms with van der Waals surface area (Å²) in [6.45, 7) is 3.13. The van der Waals surface area contributed by atoms with E-state index in [4.69, 9.17) is 0 Å². The molecule has 2 aromatic heterocycles. The standard InChI is InChI=1S/C12H20N6/c1-4-5-13-11(12-8-15-18(3)16-12)6-10-7-14-17(2)9-10/h7-9,11,13H,4-6H2,1-3H3. The molecule has 0 radical (unpaired) electrons. The molecule has 0 amide bonds. The number of hydrogen-bond donors (Lipinski definition) is 1. The summed E-state index contributed by atoms with van der Waals surface area (Å²) in [4.78, 5) is 1.60. The van der Waals surface area contributed by atoms with E-state index in [1.54, 1.807) is 4.80 Å². The summed E-state index contributed by atoms with van der Waals surface area (Å²) in [5.41, 5.74) is 2.19. The van der Waals surface area contributed by atoms with Crippen molar-refractivity contribution in [3.63, 3.8) is 0 Å². The van der Waals surface area contributed by atoms with Crippen molar-refractivity contribution in [3.8, 4) is 0 Å². The number of aromatic nitrogens is 5. The van der Waals surface area contributed by atoms with E-state index in [-0.39, 0.29) is 6.04 Å². The molecule has 2 aromatic rings. The summed E-state index contributed by atoms with van der Waals surface area (Å²) in [5.74, 6) is 0. The molecule has 0 saturated heterocycles. The van der Waals surface area contributed by atoms with Crippen LogP contribution in [0.4, 0.5) is 0 Å². The molecular weight excluding hydrogens is 228 g/mol. The van der Waals surface area contributed by atoms with E-state index in [1.165, 1.54) is 5.56 Å². The van der Waals surface area contributed by atoms with Crippen LogP contribution in [0.2, 0.25) is 0 Å². The summed E-state index contributed by atoms with van der Waals surface area (Å²) in [6.07, 6.45) is 7.74.